The summed E-state index contributed by atoms with van der Waals surface area (Å²) in [5.74, 6) is 0. The molecule has 0 aromatic carbocycles. The first-order chi connectivity index (χ1) is 4.62. The molecule has 0 atom stereocenters. The first-order valence-corrected chi connectivity index (χ1v) is 8.71. The minimum absolute atomic E-state index is 0.0512. The van der Waals surface area contributed by atoms with Gasteiger partial charge < -0.3 is 4.43 Å². The third kappa shape index (κ3) is 4.96. The molecule has 0 unspecified atom stereocenters. The van der Waals surface area contributed by atoms with Crippen molar-refractivity contribution in [3.63, 3.8) is 0 Å². The van der Waals surface area contributed by atoms with E-state index in [0.717, 1.165) is 0 Å². The number of hydrogen-bond donors (Lipinski definition) is 0. The van der Waals surface area contributed by atoms with Gasteiger partial charge in [-0.3, -0.25) is 0 Å². The average molecular weight is 174 g/mol. The van der Waals surface area contributed by atoms with E-state index in [4.69, 9.17) is 4.43 Å². The smallest absolute Gasteiger partial charge is 0.185 e. The van der Waals surface area contributed by atoms with Gasteiger partial charge in [0.25, 0.3) is 0 Å². The molecule has 0 N–H and O–H groups in total. The zero-order valence-electron chi connectivity index (χ0n) is 7.31. The second-order valence-corrected chi connectivity index (χ2v) is 9.43. The SMILES string of the molecule is C=C[SiH2]CC[Si](C)(C)OC. The summed E-state index contributed by atoms with van der Waals surface area (Å²) in [6.07, 6.45) is 0. The van der Waals surface area contributed by atoms with Crippen molar-refractivity contribution in [3.05, 3.63) is 12.3 Å². The largest absolute Gasteiger partial charge is 0.420 e. The van der Waals surface area contributed by atoms with Crippen molar-refractivity contribution in [3.8, 4) is 0 Å². The minimum atomic E-state index is -1.23. The van der Waals surface area contributed by atoms with Gasteiger partial charge in [-0.15, -0.1) is 12.3 Å². The number of hydrogen-bond acceptors (Lipinski definition) is 1. The Morgan fingerprint density at radius 1 is 1.60 bits per heavy atom. The summed E-state index contributed by atoms with van der Waals surface area (Å²) in [5, 5.41) is 0. The quantitative estimate of drug-likeness (QED) is 0.454. The second kappa shape index (κ2) is 4.87. The van der Waals surface area contributed by atoms with Crippen LogP contribution in [0.4, 0.5) is 0 Å². The third-order valence-corrected chi connectivity index (χ3v) is 6.28. The van der Waals surface area contributed by atoms with Crippen LogP contribution in [0.15, 0.2) is 12.3 Å². The molecule has 0 rings (SSSR count). The van der Waals surface area contributed by atoms with Gasteiger partial charge in [0.15, 0.2) is 8.32 Å². The molecule has 0 saturated heterocycles. The van der Waals surface area contributed by atoms with E-state index in [1.54, 1.807) is 0 Å². The van der Waals surface area contributed by atoms with E-state index >= 15 is 0 Å². The molecule has 3 heteroatoms. The molecule has 0 fully saturated rings. The van der Waals surface area contributed by atoms with Crippen LogP contribution in [-0.2, 0) is 4.43 Å². The Morgan fingerprint density at radius 3 is 2.60 bits per heavy atom. The monoisotopic (exact) mass is 174 g/mol. The van der Waals surface area contributed by atoms with Crippen LogP contribution in [-0.4, -0.2) is 24.9 Å². The predicted molar refractivity (Wildman–Crippen MR) is 52.8 cm³/mol. The van der Waals surface area contributed by atoms with E-state index < -0.39 is 8.32 Å². The van der Waals surface area contributed by atoms with Crippen molar-refractivity contribution in [1.29, 1.82) is 0 Å². The zero-order chi connectivity index (χ0) is 8.04. The topological polar surface area (TPSA) is 9.23 Å². The molecule has 0 aromatic rings. The van der Waals surface area contributed by atoms with Gasteiger partial charge in [0.1, 0.15) is 0 Å². The second-order valence-electron chi connectivity index (χ2n) is 3.14. The van der Waals surface area contributed by atoms with Crippen LogP contribution in [0.25, 0.3) is 0 Å². The maximum atomic E-state index is 5.41. The highest BCUT2D eigenvalue weighted by atomic mass is 28.4. The highest BCUT2D eigenvalue weighted by Gasteiger charge is 2.18. The van der Waals surface area contributed by atoms with Crippen LogP contribution in [0.5, 0.6) is 0 Å². The van der Waals surface area contributed by atoms with Gasteiger partial charge in [0.2, 0.25) is 0 Å². The lowest BCUT2D eigenvalue weighted by atomic mass is 10.9. The molecule has 0 aromatic heterocycles. The van der Waals surface area contributed by atoms with E-state index in [2.05, 4.69) is 25.4 Å². The van der Waals surface area contributed by atoms with Gasteiger partial charge in [-0.2, -0.15) is 0 Å². The first kappa shape index (κ1) is 10.1. The molecular formula is C7H18OSi2. The van der Waals surface area contributed by atoms with Crippen molar-refractivity contribution in [2.45, 2.75) is 25.2 Å². The fourth-order valence-corrected chi connectivity index (χ4v) is 5.49. The molecule has 1 nitrogen and oxygen atoms in total. The lowest BCUT2D eigenvalue weighted by Gasteiger charge is -2.18. The summed E-state index contributed by atoms with van der Waals surface area (Å²) in [5.41, 5.74) is 2.11. The van der Waals surface area contributed by atoms with Crippen molar-refractivity contribution in [2.75, 3.05) is 7.11 Å². The summed E-state index contributed by atoms with van der Waals surface area (Å²) in [4.78, 5) is 0. The van der Waals surface area contributed by atoms with Crippen LogP contribution in [0, 0.1) is 0 Å². The molecule has 0 saturated carbocycles. The van der Waals surface area contributed by atoms with Crippen molar-refractivity contribution in [2.24, 2.45) is 0 Å². The van der Waals surface area contributed by atoms with Crippen molar-refractivity contribution >= 4 is 17.8 Å². The molecule has 10 heavy (non-hydrogen) atoms. The van der Waals surface area contributed by atoms with Gasteiger partial charge in [-0.05, 0) is 19.1 Å². The van der Waals surface area contributed by atoms with Gasteiger partial charge >= 0.3 is 0 Å². The number of rotatable bonds is 5. The molecule has 0 heterocycles. The molecule has 0 radical (unpaired) electrons. The summed E-state index contributed by atoms with van der Waals surface area (Å²) < 4.78 is 5.41. The summed E-state index contributed by atoms with van der Waals surface area (Å²) in [7, 11) is 0.659. The Morgan fingerprint density at radius 2 is 2.20 bits per heavy atom. The molecule has 0 aliphatic heterocycles. The maximum Gasteiger partial charge on any atom is 0.185 e. The summed E-state index contributed by atoms with van der Waals surface area (Å²) in [6.45, 7) is 8.28. The third-order valence-electron chi connectivity index (χ3n) is 1.74. The van der Waals surface area contributed by atoms with Crippen LogP contribution >= 0.6 is 0 Å². The van der Waals surface area contributed by atoms with Gasteiger partial charge in [0, 0.05) is 16.6 Å². The Kier molecular flexibility index (Phi) is 4.94. The van der Waals surface area contributed by atoms with E-state index in [9.17, 15) is 0 Å². The molecule has 60 valence electrons. The Bertz CT molecular complexity index is 102. The normalized spacial score (nSPS) is 12.7. The van der Waals surface area contributed by atoms with E-state index in [-0.39, 0.29) is 9.52 Å². The lowest BCUT2D eigenvalue weighted by Crippen LogP contribution is -2.28. The average Bonchev–Trinajstić information content (AvgIpc) is 1.89. The van der Waals surface area contributed by atoms with E-state index in [1.807, 2.05) is 7.11 Å². The summed E-state index contributed by atoms with van der Waals surface area (Å²) in [6, 6.07) is 2.68. The molecule has 0 bridgehead atoms. The highest BCUT2D eigenvalue weighted by Crippen LogP contribution is 2.11. The molecular weight excluding hydrogens is 156 g/mol. The molecule has 0 aliphatic carbocycles. The molecule has 0 spiro atoms. The van der Waals surface area contributed by atoms with Crippen molar-refractivity contribution < 1.29 is 4.43 Å². The lowest BCUT2D eigenvalue weighted by molar-refractivity contribution is 0.405. The van der Waals surface area contributed by atoms with Crippen molar-refractivity contribution in [1.82, 2.24) is 0 Å². The zero-order valence-corrected chi connectivity index (χ0v) is 9.73. The van der Waals surface area contributed by atoms with E-state index in [0.29, 0.717) is 0 Å². The standard InChI is InChI=1S/C7H18OSi2/c1-5-9-6-7-10(3,4)8-2/h5H,1,6-7,9H2,2-4H3. The molecule has 0 aliphatic rings. The van der Waals surface area contributed by atoms with Crippen LogP contribution in [0.1, 0.15) is 0 Å². The van der Waals surface area contributed by atoms with Crippen LogP contribution < -0.4 is 0 Å². The Hall–Kier alpha value is 0.134. The Balaban J connectivity index is 3.36. The fraction of sp³-hybridized carbons (Fsp3) is 0.714. The first-order valence-electron chi connectivity index (χ1n) is 3.78. The van der Waals surface area contributed by atoms with Crippen LogP contribution in [0.3, 0.4) is 0 Å². The molecule has 0 amide bonds. The predicted octanol–water partition coefficient (Wildman–Crippen LogP) is 1.57. The fourth-order valence-electron chi connectivity index (χ4n) is 0.774. The van der Waals surface area contributed by atoms with Gasteiger partial charge in [-0.1, -0.05) is 6.04 Å². The van der Waals surface area contributed by atoms with Gasteiger partial charge in [0.05, 0.1) is 0 Å². The Labute approximate surface area is 67.4 Å². The van der Waals surface area contributed by atoms with Crippen LogP contribution in [0.2, 0.25) is 25.2 Å². The minimum Gasteiger partial charge on any atom is -0.420 e. The van der Waals surface area contributed by atoms with Gasteiger partial charge in [-0.25, -0.2) is 0 Å². The van der Waals surface area contributed by atoms with E-state index in [1.165, 1.54) is 12.1 Å². The highest BCUT2D eigenvalue weighted by molar-refractivity contribution is 6.72. The summed E-state index contributed by atoms with van der Waals surface area (Å²) >= 11 is 0. The maximum absolute atomic E-state index is 5.41.